The molecule has 1 aliphatic heterocycles. The van der Waals surface area contributed by atoms with Gasteiger partial charge in [-0.15, -0.1) is 0 Å². The van der Waals surface area contributed by atoms with Gasteiger partial charge in [-0.2, -0.15) is 5.26 Å². The van der Waals surface area contributed by atoms with E-state index in [0.717, 1.165) is 0 Å². The van der Waals surface area contributed by atoms with Crippen molar-refractivity contribution in [3.05, 3.63) is 57.4 Å². The van der Waals surface area contributed by atoms with Crippen molar-refractivity contribution in [2.45, 2.75) is 19.8 Å². The van der Waals surface area contributed by atoms with Crippen molar-refractivity contribution in [2.75, 3.05) is 6.61 Å². The van der Waals surface area contributed by atoms with Gasteiger partial charge in [0, 0.05) is 0 Å². The minimum atomic E-state index is -0.948. The van der Waals surface area contributed by atoms with E-state index in [2.05, 4.69) is 0 Å². The van der Waals surface area contributed by atoms with Gasteiger partial charge in [-0.1, -0.05) is 23.7 Å². The summed E-state index contributed by atoms with van der Waals surface area (Å²) in [5.41, 5.74) is 6.04. The molecule has 0 spiro atoms. The predicted octanol–water partition coefficient (Wildman–Crippen LogP) is 3.12. The summed E-state index contributed by atoms with van der Waals surface area (Å²) in [5.74, 6) is -2.24. The molecule has 7 heteroatoms. The quantitative estimate of drug-likeness (QED) is 0.857. The van der Waals surface area contributed by atoms with Crippen molar-refractivity contribution in [1.82, 2.24) is 0 Å². The van der Waals surface area contributed by atoms with Crippen LogP contribution in [-0.4, -0.2) is 12.6 Å². The molecule has 0 saturated carbocycles. The minimum absolute atomic E-state index is 0.0221. The molecule has 0 amide bonds. The standard InChI is InChI=1S/C16H14ClFN2O3/c1-3-22-16(21)12-8(2)23-15(20)10(7-19)13(12)9-5-4-6-11(18)14(9)17/h4-6,13H,3,20H2,1-2H3. The summed E-state index contributed by atoms with van der Waals surface area (Å²) < 4.78 is 24.1. The normalized spacial score (nSPS) is 17.6. The van der Waals surface area contributed by atoms with Crippen molar-refractivity contribution >= 4 is 17.6 Å². The minimum Gasteiger partial charge on any atom is -0.463 e. The van der Waals surface area contributed by atoms with Gasteiger partial charge < -0.3 is 15.2 Å². The zero-order valence-electron chi connectivity index (χ0n) is 12.5. The Morgan fingerprint density at radius 3 is 2.87 bits per heavy atom. The van der Waals surface area contributed by atoms with E-state index in [1.807, 2.05) is 6.07 Å². The van der Waals surface area contributed by atoms with Crippen LogP contribution in [0.2, 0.25) is 5.02 Å². The number of rotatable bonds is 3. The Hall–Kier alpha value is -2.52. The molecule has 120 valence electrons. The average molecular weight is 337 g/mol. The van der Waals surface area contributed by atoms with E-state index in [1.165, 1.54) is 25.1 Å². The highest BCUT2D eigenvalue weighted by atomic mass is 35.5. The summed E-state index contributed by atoms with van der Waals surface area (Å²) in [6, 6.07) is 6.05. The van der Waals surface area contributed by atoms with E-state index in [4.69, 9.17) is 26.8 Å². The molecule has 1 heterocycles. The van der Waals surface area contributed by atoms with Gasteiger partial charge in [-0.05, 0) is 25.5 Å². The second-order valence-electron chi connectivity index (χ2n) is 4.76. The zero-order chi connectivity index (χ0) is 17.1. The summed E-state index contributed by atoms with van der Waals surface area (Å²) in [6.07, 6.45) is 0. The predicted molar refractivity (Wildman–Crippen MR) is 81.4 cm³/mol. The molecule has 1 aliphatic rings. The molecule has 1 unspecified atom stereocenters. The summed E-state index contributed by atoms with van der Waals surface area (Å²) in [4.78, 5) is 12.3. The highest BCUT2D eigenvalue weighted by Crippen LogP contribution is 2.42. The number of nitrogens with two attached hydrogens (primary N) is 1. The van der Waals surface area contributed by atoms with Gasteiger partial charge in [0.2, 0.25) is 5.88 Å². The number of esters is 1. The lowest BCUT2D eigenvalue weighted by atomic mass is 9.83. The van der Waals surface area contributed by atoms with Gasteiger partial charge in [0.05, 0.1) is 23.1 Å². The van der Waals surface area contributed by atoms with Crippen LogP contribution in [0.25, 0.3) is 0 Å². The molecule has 0 radical (unpaired) electrons. The van der Waals surface area contributed by atoms with Crippen molar-refractivity contribution in [3.8, 4) is 6.07 Å². The van der Waals surface area contributed by atoms with Gasteiger partial charge in [0.15, 0.2) is 0 Å². The highest BCUT2D eigenvalue weighted by molar-refractivity contribution is 6.31. The first kappa shape index (κ1) is 16.8. The number of ether oxygens (including phenoxy) is 2. The lowest BCUT2D eigenvalue weighted by molar-refractivity contribution is -0.139. The Morgan fingerprint density at radius 1 is 1.57 bits per heavy atom. The summed E-state index contributed by atoms with van der Waals surface area (Å²) >= 11 is 6.03. The third kappa shape index (κ3) is 3.01. The van der Waals surface area contributed by atoms with Crippen LogP contribution in [0, 0.1) is 17.1 Å². The molecular formula is C16H14ClFN2O3. The Labute approximate surface area is 137 Å². The van der Waals surface area contributed by atoms with Crippen molar-refractivity contribution in [2.24, 2.45) is 5.73 Å². The first-order chi connectivity index (χ1) is 10.9. The van der Waals surface area contributed by atoms with Gasteiger partial charge in [-0.25, -0.2) is 9.18 Å². The summed E-state index contributed by atoms with van der Waals surface area (Å²) in [5, 5.41) is 9.20. The monoisotopic (exact) mass is 336 g/mol. The molecule has 23 heavy (non-hydrogen) atoms. The second-order valence-corrected chi connectivity index (χ2v) is 5.14. The number of nitrogens with zero attached hydrogens (tertiary/aromatic N) is 1. The zero-order valence-corrected chi connectivity index (χ0v) is 13.3. The van der Waals surface area contributed by atoms with Crippen LogP contribution < -0.4 is 5.73 Å². The van der Waals surface area contributed by atoms with Crippen LogP contribution in [-0.2, 0) is 14.3 Å². The van der Waals surface area contributed by atoms with Crippen LogP contribution in [0.1, 0.15) is 25.3 Å². The average Bonchev–Trinajstić information content (AvgIpc) is 2.49. The van der Waals surface area contributed by atoms with Gasteiger partial charge >= 0.3 is 5.97 Å². The van der Waals surface area contributed by atoms with Gasteiger partial charge in [0.1, 0.15) is 23.2 Å². The highest BCUT2D eigenvalue weighted by Gasteiger charge is 2.37. The molecule has 1 aromatic rings. The molecule has 1 atom stereocenters. The first-order valence-electron chi connectivity index (χ1n) is 6.81. The number of hydrogen-bond acceptors (Lipinski definition) is 5. The maximum Gasteiger partial charge on any atom is 0.338 e. The topological polar surface area (TPSA) is 85.3 Å². The number of hydrogen-bond donors (Lipinski definition) is 1. The smallest absolute Gasteiger partial charge is 0.338 e. The molecule has 0 bridgehead atoms. The van der Waals surface area contributed by atoms with E-state index < -0.39 is 17.7 Å². The van der Waals surface area contributed by atoms with E-state index in [-0.39, 0.29) is 40.0 Å². The van der Waals surface area contributed by atoms with Crippen molar-refractivity contribution < 1.29 is 18.7 Å². The van der Waals surface area contributed by atoms with E-state index >= 15 is 0 Å². The maximum atomic E-state index is 13.8. The number of nitriles is 1. The lowest BCUT2D eigenvalue weighted by Gasteiger charge is -2.27. The van der Waals surface area contributed by atoms with Gasteiger partial charge in [-0.3, -0.25) is 0 Å². The van der Waals surface area contributed by atoms with Crippen LogP contribution in [0.15, 0.2) is 41.0 Å². The third-order valence-electron chi connectivity index (χ3n) is 3.39. The molecule has 0 fully saturated rings. The molecule has 0 aromatic heterocycles. The molecule has 0 aliphatic carbocycles. The number of allylic oxidation sites excluding steroid dienone is 2. The first-order valence-corrected chi connectivity index (χ1v) is 7.19. The summed E-state index contributed by atoms with van der Waals surface area (Å²) in [7, 11) is 0. The number of benzene rings is 1. The number of carbonyl (C=O) groups excluding carboxylic acids is 1. The molecule has 2 rings (SSSR count). The molecule has 0 saturated heterocycles. The molecule has 5 nitrogen and oxygen atoms in total. The Bertz CT molecular complexity index is 765. The van der Waals surface area contributed by atoms with Crippen LogP contribution in [0.5, 0.6) is 0 Å². The van der Waals surface area contributed by atoms with Crippen molar-refractivity contribution in [3.63, 3.8) is 0 Å². The van der Waals surface area contributed by atoms with Crippen LogP contribution >= 0.6 is 11.6 Å². The largest absolute Gasteiger partial charge is 0.463 e. The fourth-order valence-electron chi connectivity index (χ4n) is 2.41. The Kier molecular flexibility index (Phi) is 4.92. The third-order valence-corrected chi connectivity index (χ3v) is 3.79. The maximum absolute atomic E-state index is 13.8. The van der Waals surface area contributed by atoms with E-state index in [1.54, 1.807) is 6.92 Å². The van der Waals surface area contributed by atoms with Crippen molar-refractivity contribution in [1.29, 1.82) is 5.26 Å². The summed E-state index contributed by atoms with van der Waals surface area (Å²) in [6.45, 7) is 3.31. The van der Waals surface area contributed by atoms with Crippen LogP contribution in [0.4, 0.5) is 4.39 Å². The van der Waals surface area contributed by atoms with Crippen LogP contribution in [0.3, 0.4) is 0 Å². The molecular weight excluding hydrogens is 323 g/mol. The number of halogens is 2. The Balaban J connectivity index is 2.69. The fourth-order valence-corrected chi connectivity index (χ4v) is 2.64. The SMILES string of the molecule is CCOC(=O)C1=C(C)OC(N)=C(C#N)C1c1cccc(F)c1Cl. The number of carbonyl (C=O) groups is 1. The van der Waals surface area contributed by atoms with Gasteiger partial charge in [0.25, 0.3) is 0 Å². The second kappa shape index (κ2) is 6.71. The molecule has 2 N–H and O–H groups in total. The van der Waals surface area contributed by atoms with E-state index in [0.29, 0.717) is 0 Å². The molecule has 1 aromatic carbocycles. The fraction of sp³-hybridized carbons (Fsp3) is 0.250. The Morgan fingerprint density at radius 2 is 2.26 bits per heavy atom. The van der Waals surface area contributed by atoms with E-state index in [9.17, 15) is 14.4 Å². The lowest BCUT2D eigenvalue weighted by Crippen LogP contribution is -2.25.